The Hall–Kier alpha value is -3.41. The highest BCUT2D eigenvalue weighted by atomic mass is 32.2. The van der Waals surface area contributed by atoms with E-state index in [1.807, 2.05) is 4.90 Å². The predicted molar refractivity (Wildman–Crippen MR) is 149 cm³/mol. The minimum absolute atomic E-state index is 0.0756. The fourth-order valence-electron chi connectivity index (χ4n) is 4.15. The smallest absolute Gasteiger partial charge is 0.247 e. The van der Waals surface area contributed by atoms with Crippen LogP contribution in [0.2, 0.25) is 0 Å². The fourth-order valence-corrected chi connectivity index (χ4v) is 5.69. The number of benzene rings is 2. The molecule has 2 amide bonds. The van der Waals surface area contributed by atoms with Crippen molar-refractivity contribution in [3.8, 4) is 17.2 Å². The number of nitrogens with zero attached hydrogens (tertiary/aromatic N) is 2. The lowest BCUT2D eigenvalue weighted by Crippen LogP contribution is -2.39. The third kappa shape index (κ3) is 6.01. The molecule has 0 radical (unpaired) electrons. The summed E-state index contributed by atoms with van der Waals surface area (Å²) >= 11 is 6.74. The first kappa shape index (κ1) is 27.6. The highest BCUT2D eigenvalue weighted by Gasteiger charge is 2.41. The lowest BCUT2D eigenvalue weighted by molar-refractivity contribution is -0.121. The molecule has 0 spiro atoms. The zero-order valence-corrected chi connectivity index (χ0v) is 22.9. The number of morpholine rings is 1. The minimum Gasteiger partial charge on any atom is -0.493 e. The van der Waals surface area contributed by atoms with Crippen molar-refractivity contribution in [3.63, 3.8) is 0 Å². The molecule has 38 heavy (non-hydrogen) atoms. The number of ether oxygens (including phenoxy) is 4. The summed E-state index contributed by atoms with van der Waals surface area (Å²) in [4.78, 5) is 41.7. The topological polar surface area (TPSA) is 94.6 Å². The van der Waals surface area contributed by atoms with Crippen LogP contribution in [0.3, 0.4) is 0 Å². The average Bonchev–Trinajstić information content (AvgIpc) is 3.23. The van der Waals surface area contributed by atoms with Crippen LogP contribution in [0.1, 0.15) is 22.3 Å². The summed E-state index contributed by atoms with van der Waals surface area (Å²) in [6.07, 6.45) is 3.15. The van der Waals surface area contributed by atoms with E-state index in [1.165, 1.54) is 44.1 Å². The molecule has 4 rings (SSSR count). The first-order valence-electron chi connectivity index (χ1n) is 11.9. The van der Waals surface area contributed by atoms with E-state index in [1.54, 1.807) is 42.5 Å². The molecule has 200 valence electrons. The number of methoxy groups -OCH3 is 3. The lowest BCUT2D eigenvalue weighted by Gasteiger charge is -2.29. The van der Waals surface area contributed by atoms with Crippen molar-refractivity contribution in [1.82, 2.24) is 4.90 Å². The van der Waals surface area contributed by atoms with Crippen LogP contribution in [0.4, 0.5) is 5.69 Å². The molecule has 1 atom stereocenters. The zero-order valence-electron chi connectivity index (χ0n) is 21.3. The molecule has 0 bridgehead atoms. The van der Waals surface area contributed by atoms with E-state index in [4.69, 9.17) is 31.2 Å². The average molecular weight is 557 g/mol. The van der Waals surface area contributed by atoms with Gasteiger partial charge in [0.25, 0.3) is 0 Å². The summed E-state index contributed by atoms with van der Waals surface area (Å²) in [5, 5.41) is -0.569. The molecule has 0 saturated carbocycles. The van der Waals surface area contributed by atoms with Gasteiger partial charge in [-0.05, 0) is 48.0 Å². The summed E-state index contributed by atoms with van der Waals surface area (Å²) in [5.74, 6) is 0.573. The second-order valence-electron chi connectivity index (χ2n) is 8.45. The van der Waals surface area contributed by atoms with Gasteiger partial charge in [0.15, 0.2) is 17.3 Å². The van der Waals surface area contributed by atoms with Crippen LogP contribution in [0.15, 0.2) is 42.5 Å². The second kappa shape index (κ2) is 12.4. The Bertz CT molecular complexity index is 1230. The summed E-state index contributed by atoms with van der Waals surface area (Å²) in [7, 11) is 4.56. The number of thiocarbonyl (C=S) groups is 1. The molecule has 2 heterocycles. The van der Waals surface area contributed by atoms with Gasteiger partial charge in [0.2, 0.25) is 17.6 Å². The third-order valence-corrected chi connectivity index (χ3v) is 7.80. The van der Waals surface area contributed by atoms with Gasteiger partial charge in [0.05, 0.1) is 40.2 Å². The van der Waals surface area contributed by atoms with Crippen molar-refractivity contribution in [2.45, 2.75) is 11.7 Å². The number of ketones is 1. The van der Waals surface area contributed by atoms with Crippen LogP contribution in [0, 0.1) is 0 Å². The van der Waals surface area contributed by atoms with Crippen LogP contribution in [0.25, 0.3) is 6.08 Å². The summed E-state index contributed by atoms with van der Waals surface area (Å²) in [6.45, 7) is 2.53. The summed E-state index contributed by atoms with van der Waals surface area (Å²) in [5.41, 5.74) is 1.53. The molecule has 2 aromatic carbocycles. The van der Waals surface area contributed by atoms with Crippen LogP contribution >= 0.6 is 24.0 Å². The molecule has 11 heteroatoms. The number of hydrogen-bond donors (Lipinski definition) is 0. The van der Waals surface area contributed by atoms with Crippen molar-refractivity contribution in [2.75, 3.05) is 52.5 Å². The number of carbonyl (C=O) groups excluding carboxylic acids is 3. The van der Waals surface area contributed by atoms with Gasteiger partial charge < -0.3 is 23.8 Å². The minimum atomic E-state index is -0.569. The molecule has 2 aromatic rings. The monoisotopic (exact) mass is 556 g/mol. The maximum Gasteiger partial charge on any atom is 0.247 e. The van der Waals surface area contributed by atoms with Crippen molar-refractivity contribution < 1.29 is 33.3 Å². The van der Waals surface area contributed by atoms with Crippen molar-refractivity contribution in [2.24, 2.45) is 0 Å². The van der Waals surface area contributed by atoms with Gasteiger partial charge in [-0.25, -0.2) is 4.90 Å². The number of anilines is 1. The molecule has 0 N–H and O–H groups in total. The number of imide groups is 1. The number of amides is 2. The van der Waals surface area contributed by atoms with Crippen molar-refractivity contribution >= 4 is 57.7 Å². The van der Waals surface area contributed by atoms with Crippen LogP contribution < -0.4 is 19.1 Å². The van der Waals surface area contributed by atoms with Gasteiger partial charge in [0, 0.05) is 25.1 Å². The highest BCUT2D eigenvalue weighted by molar-refractivity contribution is 8.23. The molecule has 2 aliphatic rings. The molecule has 0 aliphatic carbocycles. The molecule has 9 nitrogen and oxygen atoms in total. The maximum atomic E-state index is 13.0. The normalized spacial score (nSPS) is 17.7. The van der Waals surface area contributed by atoms with Gasteiger partial charge in [-0.1, -0.05) is 30.1 Å². The number of allylic oxidation sites excluding steroid dienone is 1. The Morgan fingerprint density at radius 1 is 1.03 bits per heavy atom. The van der Waals surface area contributed by atoms with E-state index < -0.39 is 5.25 Å². The Labute approximate surface area is 230 Å². The van der Waals surface area contributed by atoms with Gasteiger partial charge in [-0.2, -0.15) is 0 Å². The predicted octanol–water partition coefficient (Wildman–Crippen LogP) is 3.59. The third-order valence-electron chi connectivity index (χ3n) is 6.14. The first-order valence-corrected chi connectivity index (χ1v) is 13.2. The zero-order chi connectivity index (χ0) is 27.2. The van der Waals surface area contributed by atoms with Crippen molar-refractivity contribution in [1.29, 1.82) is 0 Å². The molecule has 2 fully saturated rings. The van der Waals surface area contributed by atoms with Gasteiger partial charge in [-0.15, -0.1) is 0 Å². The summed E-state index contributed by atoms with van der Waals surface area (Å²) in [6, 6.07) is 9.86. The lowest BCUT2D eigenvalue weighted by atomic mass is 10.1. The van der Waals surface area contributed by atoms with E-state index in [9.17, 15) is 14.4 Å². The quantitative estimate of drug-likeness (QED) is 0.208. The van der Waals surface area contributed by atoms with Crippen LogP contribution in [-0.2, 0) is 14.3 Å². The molecular weight excluding hydrogens is 528 g/mol. The van der Waals surface area contributed by atoms with E-state index in [0.29, 0.717) is 64.7 Å². The largest absolute Gasteiger partial charge is 0.493 e. The van der Waals surface area contributed by atoms with Gasteiger partial charge >= 0.3 is 0 Å². The number of thioether (sulfide) groups is 1. The van der Waals surface area contributed by atoms with E-state index >= 15 is 0 Å². The van der Waals surface area contributed by atoms with E-state index in [2.05, 4.69) is 0 Å². The van der Waals surface area contributed by atoms with Gasteiger partial charge in [0.1, 0.15) is 9.57 Å². The van der Waals surface area contributed by atoms with Crippen LogP contribution in [0.5, 0.6) is 17.2 Å². The number of carbonyl (C=O) groups is 3. The number of rotatable bonds is 8. The van der Waals surface area contributed by atoms with E-state index in [-0.39, 0.29) is 24.0 Å². The van der Waals surface area contributed by atoms with Gasteiger partial charge in [-0.3, -0.25) is 14.4 Å². The Morgan fingerprint density at radius 3 is 2.24 bits per heavy atom. The van der Waals surface area contributed by atoms with Crippen molar-refractivity contribution in [3.05, 3.63) is 53.6 Å². The molecule has 1 unspecified atom stereocenters. The second-order valence-corrected chi connectivity index (χ2v) is 10.3. The molecule has 2 saturated heterocycles. The Morgan fingerprint density at radius 2 is 1.66 bits per heavy atom. The number of hydrogen-bond acceptors (Lipinski definition) is 9. The fraction of sp³-hybridized carbons (Fsp3) is 0.333. The SMILES string of the molecule is COc1cc(/C=C/C(=O)c2ccc(N3C(=O)CC(SC(=S)N4CCOCC4)C3=O)cc2)cc(OC)c1OC. The first-order chi connectivity index (χ1) is 18.4. The van der Waals surface area contributed by atoms with Crippen LogP contribution in [-0.4, -0.2) is 79.7 Å². The molecular formula is C27H28N2O7S2. The molecule has 2 aliphatic heterocycles. The Kier molecular flexibility index (Phi) is 9.03. The Balaban J connectivity index is 1.42. The summed E-state index contributed by atoms with van der Waals surface area (Å²) < 4.78 is 22.0. The standard InChI is InChI=1S/C27H28N2O7S2/c1-33-21-14-17(15-22(34-2)25(21)35-3)4-9-20(30)18-5-7-19(8-6-18)29-24(31)16-23(26(29)32)38-27(37)28-10-12-36-13-11-28/h4-9,14-15,23H,10-13,16H2,1-3H3/b9-4+. The molecule has 0 aromatic heterocycles. The highest BCUT2D eigenvalue weighted by Crippen LogP contribution is 2.38. The maximum absolute atomic E-state index is 13.0. The van der Waals surface area contributed by atoms with E-state index in [0.717, 1.165) is 0 Å².